The molecule has 1 aliphatic heterocycles. The van der Waals surface area contributed by atoms with Gasteiger partial charge < -0.3 is 9.47 Å². The summed E-state index contributed by atoms with van der Waals surface area (Å²) in [6, 6.07) is 21.5. The highest BCUT2D eigenvalue weighted by Gasteiger charge is 2.45. The van der Waals surface area contributed by atoms with Gasteiger partial charge in [0.05, 0.1) is 26.3 Å². The number of thiazole rings is 1. The number of nitrogens with zero attached hydrogens (tertiary/aromatic N) is 2. The number of hydrogen-bond donors (Lipinski definition) is 0. The average Bonchev–Trinajstić information content (AvgIpc) is 3.34. The number of hydrogen-bond acceptors (Lipinski definition) is 6. The van der Waals surface area contributed by atoms with E-state index in [1.165, 1.54) is 37.3 Å². The predicted molar refractivity (Wildman–Crippen MR) is 185 cm³/mol. The van der Waals surface area contributed by atoms with E-state index in [-0.39, 0.29) is 28.1 Å². The Hall–Kier alpha value is -3.65. The second kappa shape index (κ2) is 13.5. The first-order chi connectivity index (χ1) is 22.5. The molecule has 0 saturated heterocycles. The van der Waals surface area contributed by atoms with Gasteiger partial charge in [0, 0.05) is 15.6 Å². The zero-order valence-electron chi connectivity index (χ0n) is 24.3. The van der Waals surface area contributed by atoms with Gasteiger partial charge in [-0.05, 0) is 81.8 Å². The Balaban J connectivity index is 1.52. The topological polar surface area (TPSA) is 69.9 Å². The summed E-state index contributed by atoms with van der Waals surface area (Å²) in [6.45, 7) is 1.50. The molecule has 240 valence electrons. The number of rotatable bonds is 7. The molecule has 5 aromatic rings. The molecule has 1 aliphatic rings. The third kappa shape index (κ3) is 6.71. The van der Waals surface area contributed by atoms with Gasteiger partial charge in [-0.15, -0.1) is 0 Å². The minimum Gasteiger partial charge on any atom is -0.487 e. The van der Waals surface area contributed by atoms with Crippen LogP contribution in [0.3, 0.4) is 0 Å². The number of carbonyl (C=O) groups excluding carboxylic acids is 1. The van der Waals surface area contributed by atoms with Gasteiger partial charge in [0.15, 0.2) is 10.5 Å². The molecule has 1 aromatic heterocycles. The number of allylic oxidation sites excluding steroid dienone is 1. The third-order valence-electron chi connectivity index (χ3n) is 7.36. The SMILES string of the molecule is CCOC(=O)C1=C(C(F)(F)F)N=c2s/c(=C\c3cc(Cl)cc(I)c3OCc3cccc4ccccc34)c(=O)n2[C@@H]1c1ccc(Cl)cc1. The standard InChI is InChI=1S/C34H22Cl2F3IN2O4S/c1-2-45-32(44)27-28(19-10-12-22(35)13-11-19)42-31(43)26(47-33(42)41-30(27)34(37,38)39)15-21-14-23(36)16-25(40)29(21)46-17-20-8-5-7-18-6-3-4-9-24(18)20/h3-16,28H,2,17H2,1H3/b26-15-/t28-/m1/s1. The second-order valence-electron chi connectivity index (χ2n) is 10.3. The number of esters is 1. The molecule has 6 rings (SSSR count). The molecule has 0 fully saturated rings. The van der Waals surface area contributed by atoms with E-state index in [1.54, 1.807) is 12.1 Å². The van der Waals surface area contributed by atoms with E-state index in [0.29, 0.717) is 24.9 Å². The molecule has 2 heterocycles. The van der Waals surface area contributed by atoms with Gasteiger partial charge in [-0.2, -0.15) is 13.2 Å². The lowest BCUT2D eigenvalue weighted by molar-refractivity contribution is -0.140. The summed E-state index contributed by atoms with van der Waals surface area (Å²) in [5.41, 5.74) is -1.29. The summed E-state index contributed by atoms with van der Waals surface area (Å²) in [7, 11) is 0. The number of carbonyl (C=O) groups is 1. The largest absolute Gasteiger partial charge is 0.487 e. The monoisotopic (exact) mass is 808 g/mol. The molecule has 0 spiro atoms. The Morgan fingerprint density at radius 1 is 1.04 bits per heavy atom. The van der Waals surface area contributed by atoms with Crippen molar-refractivity contribution >= 4 is 79.9 Å². The van der Waals surface area contributed by atoms with Crippen LogP contribution in [-0.4, -0.2) is 23.3 Å². The van der Waals surface area contributed by atoms with E-state index < -0.39 is 35.0 Å². The summed E-state index contributed by atoms with van der Waals surface area (Å²) in [6.07, 6.45) is -3.51. The van der Waals surface area contributed by atoms with E-state index in [1.807, 2.05) is 42.5 Å². The van der Waals surface area contributed by atoms with Gasteiger partial charge in [-0.25, -0.2) is 9.79 Å². The Bertz CT molecular complexity index is 2240. The summed E-state index contributed by atoms with van der Waals surface area (Å²) < 4.78 is 56.5. The van der Waals surface area contributed by atoms with Gasteiger partial charge in [-0.1, -0.05) is 89.1 Å². The molecule has 0 saturated carbocycles. The van der Waals surface area contributed by atoms with Crippen molar-refractivity contribution in [1.29, 1.82) is 0 Å². The van der Waals surface area contributed by atoms with E-state index in [4.69, 9.17) is 32.7 Å². The maximum absolute atomic E-state index is 14.5. The average molecular weight is 809 g/mol. The van der Waals surface area contributed by atoms with E-state index in [2.05, 4.69) is 27.6 Å². The molecule has 1 atom stereocenters. The summed E-state index contributed by atoms with van der Waals surface area (Å²) in [5, 5.41) is 2.77. The molecule has 0 unspecified atom stereocenters. The van der Waals surface area contributed by atoms with Crippen LogP contribution in [0.15, 0.2) is 99.9 Å². The number of alkyl halides is 3. The van der Waals surface area contributed by atoms with Crippen molar-refractivity contribution in [2.24, 2.45) is 4.99 Å². The van der Waals surface area contributed by atoms with Gasteiger partial charge in [0.2, 0.25) is 0 Å². The summed E-state index contributed by atoms with van der Waals surface area (Å²) >= 11 is 15.3. The maximum Gasteiger partial charge on any atom is 0.434 e. The van der Waals surface area contributed by atoms with Crippen LogP contribution in [0.5, 0.6) is 5.75 Å². The van der Waals surface area contributed by atoms with Crippen molar-refractivity contribution in [3.05, 3.63) is 140 Å². The van der Waals surface area contributed by atoms with Gasteiger partial charge >= 0.3 is 12.1 Å². The molecule has 13 heteroatoms. The van der Waals surface area contributed by atoms with Crippen molar-refractivity contribution in [1.82, 2.24) is 4.57 Å². The lowest BCUT2D eigenvalue weighted by Crippen LogP contribution is -2.41. The first-order valence-corrected chi connectivity index (χ1v) is 16.8. The predicted octanol–water partition coefficient (Wildman–Crippen LogP) is 7.98. The highest BCUT2D eigenvalue weighted by molar-refractivity contribution is 14.1. The van der Waals surface area contributed by atoms with Crippen LogP contribution in [0.4, 0.5) is 13.2 Å². The number of ether oxygens (including phenoxy) is 2. The van der Waals surface area contributed by atoms with E-state index in [0.717, 1.165) is 32.2 Å². The van der Waals surface area contributed by atoms with Crippen molar-refractivity contribution in [2.45, 2.75) is 25.7 Å². The highest BCUT2D eigenvalue weighted by atomic mass is 127. The Labute approximate surface area is 293 Å². The fourth-order valence-electron chi connectivity index (χ4n) is 5.35. The fraction of sp³-hybridized carbons (Fsp3) is 0.147. The minimum absolute atomic E-state index is 0.0578. The van der Waals surface area contributed by atoms with Gasteiger partial charge in [0.1, 0.15) is 12.4 Å². The fourth-order valence-corrected chi connectivity index (χ4v) is 7.68. The number of halogens is 6. The molecule has 6 nitrogen and oxygen atoms in total. The van der Waals surface area contributed by atoms with Crippen molar-refractivity contribution in [3.63, 3.8) is 0 Å². The number of fused-ring (bicyclic) bond motifs is 2. The molecule has 0 radical (unpaired) electrons. The van der Waals surface area contributed by atoms with Gasteiger partial charge in [-0.3, -0.25) is 9.36 Å². The zero-order chi connectivity index (χ0) is 33.5. The third-order valence-corrected chi connectivity index (χ3v) is 9.61. The van der Waals surface area contributed by atoms with E-state index in [9.17, 15) is 22.8 Å². The molecule has 0 amide bonds. The summed E-state index contributed by atoms with van der Waals surface area (Å²) in [5.74, 6) is -0.794. The van der Waals surface area contributed by atoms with Crippen LogP contribution in [0.2, 0.25) is 10.0 Å². The minimum atomic E-state index is -5.02. The molecular formula is C34H22Cl2F3IN2O4S. The van der Waals surface area contributed by atoms with Gasteiger partial charge in [0.25, 0.3) is 5.56 Å². The van der Waals surface area contributed by atoms with Crippen LogP contribution in [0.25, 0.3) is 16.8 Å². The molecule has 0 aliphatic carbocycles. The first-order valence-electron chi connectivity index (χ1n) is 14.1. The zero-order valence-corrected chi connectivity index (χ0v) is 28.8. The first kappa shape index (κ1) is 33.3. The maximum atomic E-state index is 14.5. The van der Waals surface area contributed by atoms with Crippen LogP contribution >= 0.6 is 57.1 Å². The Morgan fingerprint density at radius 3 is 2.49 bits per heavy atom. The molecule has 47 heavy (non-hydrogen) atoms. The highest BCUT2D eigenvalue weighted by Crippen LogP contribution is 2.39. The van der Waals surface area contributed by atoms with Crippen molar-refractivity contribution < 1.29 is 27.4 Å². The molecule has 4 aromatic carbocycles. The van der Waals surface area contributed by atoms with Crippen LogP contribution < -0.4 is 19.6 Å². The van der Waals surface area contributed by atoms with Crippen LogP contribution in [0.1, 0.15) is 29.7 Å². The quantitative estimate of drug-likeness (QED) is 0.124. The number of benzene rings is 4. The lowest BCUT2D eigenvalue weighted by Gasteiger charge is -2.26. The lowest BCUT2D eigenvalue weighted by atomic mass is 9.95. The molecule has 0 N–H and O–H groups in total. The smallest absolute Gasteiger partial charge is 0.434 e. The van der Waals surface area contributed by atoms with Crippen molar-refractivity contribution in [3.8, 4) is 5.75 Å². The Morgan fingerprint density at radius 2 is 1.77 bits per heavy atom. The Kier molecular flexibility index (Phi) is 9.52. The molecule has 0 bridgehead atoms. The second-order valence-corrected chi connectivity index (χ2v) is 13.4. The van der Waals surface area contributed by atoms with Crippen LogP contribution in [-0.2, 0) is 16.1 Å². The molecular weight excluding hydrogens is 787 g/mol. The van der Waals surface area contributed by atoms with Crippen molar-refractivity contribution in [2.75, 3.05) is 6.61 Å². The summed E-state index contributed by atoms with van der Waals surface area (Å²) in [4.78, 5) is 30.8. The van der Waals surface area contributed by atoms with Crippen LogP contribution in [0, 0.1) is 3.57 Å². The normalized spacial score (nSPS) is 15.0. The van der Waals surface area contributed by atoms with E-state index >= 15 is 0 Å². The number of aromatic nitrogens is 1.